The molecule has 5 nitrogen and oxygen atoms in total. The molecule has 2 atom stereocenters. The third-order valence-corrected chi connectivity index (χ3v) is 4.64. The third kappa shape index (κ3) is 1.81. The summed E-state index contributed by atoms with van der Waals surface area (Å²) >= 11 is 0. The standard InChI is InChI=1S/C12H14O5S/c1-16-8-3-4-10-9(5-8)11(14)12(6-13,7-17-10)18(2)15/h3-5,13H,6-7H2,1-2H3. The topological polar surface area (TPSA) is 72.8 Å². The average Bonchev–Trinajstić information content (AvgIpc) is 2.39. The van der Waals surface area contributed by atoms with Gasteiger partial charge >= 0.3 is 0 Å². The third-order valence-electron chi connectivity index (χ3n) is 3.11. The Morgan fingerprint density at radius 1 is 1.56 bits per heavy atom. The lowest BCUT2D eigenvalue weighted by Gasteiger charge is -2.33. The zero-order valence-electron chi connectivity index (χ0n) is 10.1. The van der Waals surface area contributed by atoms with Crippen molar-refractivity contribution in [3.8, 4) is 11.5 Å². The fourth-order valence-electron chi connectivity index (χ4n) is 1.87. The van der Waals surface area contributed by atoms with Gasteiger partial charge in [-0.3, -0.25) is 9.00 Å². The average molecular weight is 270 g/mol. The van der Waals surface area contributed by atoms with Crippen LogP contribution in [0.5, 0.6) is 11.5 Å². The first kappa shape index (κ1) is 13.0. The van der Waals surface area contributed by atoms with Crippen molar-refractivity contribution < 1.29 is 23.6 Å². The molecule has 98 valence electrons. The lowest BCUT2D eigenvalue weighted by atomic mass is 9.94. The van der Waals surface area contributed by atoms with Crippen molar-refractivity contribution in [2.24, 2.45) is 0 Å². The number of carbonyl (C=O) groups excluding carboxylic acids is 1. The first-order chi connectivity index (χ1) is 8.55. The van der Waals surface area contributed by atoms with Gasteiger partial charge in [0.25, 0.3) is 0 Å². The fraction of sp³-hybridized carbons (Fsp3) is 0.417. The Morgan fingerprint density at radius 2 is 2.28 bits per heavy atom. The highest BCUT2D eigenvalue weighted by atomic mass is 32.2. The molecule has 0 bridgehead atoms. The van der Waals surface area contributed by atoms with E-state index in [-0.39, 0.29) is 12.4 Å². The number of Topliss-reactive ketones (excluding diaryl/α,β-unsaturated/α-hetero) is 1. The Morgan fingerprint density at radius 3 is 2.83 bits per heavy atom. The van der Waals surface area contributed by atoms with E-state index < -0.39 is 22.2 Å². The molecule has 1 aliphatic heterocycles. The van der Waals surface area contributed by atoms with Crippen LogP contribution in [-0.2, 0) is 10.8 Å². The number of fused-ring (bicyclic) bond motifs is 1. The second kappa shape index (κ2) is 4.70. The van der Waals surface area contributed by atoms with E-state index in [1.54, 1.807) is 12.1 Å². The van der Waals surface area contributed by atoms with Crippen LogP contribution in [0.3, 0.4) is 0 Å². The van der Waals surface area contributed by atoms with Gasteiger partial charge in [0.15, 0.2) is 10.5 Å². The van der Waals surface area contributed by atoms with Gasteiger partial charge in [-0.05, 0) is 18.2 Å². The van der Waals surface area contributed by atoms with E-state index in [0.29, 0.717) is 17.1 Å². The monoisotopic (exact) mass is 270 g/mol. The Bertz CT molecular complexity index is 513. The predicted octanol–water partition coefficient (Wildman–Crippen LogP) is 0.380. The SMILES string of the molecule is COc1ccc2c(c1)C(=O)C(CO)(S(C)=O)CO2. The van der Waals surface area contributed by atoms with Crippen LogP contribution in [0.2, 0.25) is 0 Å². The highest BCUT2D eigenvalue weighted by Crippen LogP contribution is 2.34. The molecular weight excluding hydrogens is 256 g/mol. The molecule has 1 N–H and O–H groups in total. The van der Waals surface area contributed by atoms with Gasteiger partial charge in [-0.15, -0.1) is 0 Å². The molecule has 6 heteroatoms. The summed E-state index contributed by atoms with van der Waals surface area (Å²) in [5, 5.41) is 9.41. The number of carbonyl (C=O) groups is 1. The van der Waals surface area contributed by atoms with Crippen LogP contribution in [0.15, 0.2) is 18.2 Å². The van der Waals surface area contributed by atoms with E-state index in [0.717, 1.165) is 0 Å². The summed E-state index contributed by atoms with van der Waals surface area (Å²) in [7, 11) is -0.0287. The number of aliphatic hydroxyl groups is 1. The van der Waals surface area contributed by atoms with Crippen LogP contribution in [0, 0.1) is 0 Å². The molecule has 0 saturated heterocycles. The molecule has 0 aliphatic carbocycles. The van der Waals surface area contributed by atoms with Crippen LogP contribution in [0.25, 0.3) is 0 Å². The fourth-order valence-corrected chi connectivity index (χ4v) is 2.64. The molecule has 0 radical (unpaired) electrons. The number of rotatable bonds is 3. The van der Waals surface area contributed by atoms with Crippen LogP contribution >= 0.6 is 0 Å². The predicted molar refractivity (Wildman–Crippen MR) is 66.7 cm³/mol. The van der Waals surface area contributed by atoms with Crippen LogP contribution in [0.4, 0.5) is 0 Å². The minimum Gasteiger partial charge on any atom is -0.497 e. The molecule has 1 heterocycles. The number of ketones is 1. The van der Waals surface area contributed by atoms with E-state index in [9.17, 15) is 14.1 Å². The molecule has 18 heavy (non-hydrogen) atoms. The van der Waals surface area contributed by atoms with Crippen LogP contribution < -0.4 is 9.47 Å². The first-order valence-electron chi connectivity index (χ1n) is 5.35. The summed E-state index contributed by atoms with van der Waals surface area (Å²) in [6.45, 7) is -0.587. The Labute approximate surface area is 107 Å². The van der Waals surface area contributed by atoms with Crippen LogP contribution in [0.1, 0.15) is 10.4 Å². The number of hydrogen-bond acceptors (Lipinski definition) is 5. The molecule has 0 fully saturated rings. The number of benzene rings is 1. The van der Waals surface area contributed by atoms with Gasteiger partial charge in [0, 0.05) is 17.1 Å². The minimum absolute atomic E-state index is 0.0786. The second-order valence-electron chi connectivity index (χ2n) is 4.09. The van der Waals surface area contributed by atoms with Crippen molar-refractivity contribution in [1.29, 1.82) is 0 Å². The second-order valence-corrected chi connectivity index (χ2v) is 5.78. The maximum absolute atomic E-state index is 12.4. The van der Waals surface area contributed by atoms with E-state index >= 15 is 0 Å². The normalized spacial score (nSPS) is 24.1. The van der Waals surface area contributed by atoms with Gasteiger partial charge in [-0.2, -0.15) is 0 Å². The van der Waals surface area contributed by atoms with Crippen molar-refractivity contribution in [3.63, 3.8) is 0 Å². The van der Waals surface area contributed by atoms with E-state index in [2.05, 4.69) is 0 Å². The first-order valence-corrected chi connectivity index (χ1v) is 6.91. The molecule has 0 aromatic heterocycles. The summed E-state index contributed by atoms with van der Waals surface area (Å²) in [6, 6.07) is 4.85. The molecular formula is C12H14O5S. The quantitative estimate of drug-likeness (QED) is 0.859. The Hall–Kier alpha value is -1.40. The van der Waals surface area contributed by atoms with Gasteiger partial charge in [0.2, 0.25) is 0 Å². The molecule has 0 saturated carbocycles. The smallest absolute Gasteiger partial charge is 0.191 e. The van der Waals surface area contributed by atoms with E-state index in [4.69, 9.17) is 9.47 Å². The van der Waals surface area contributed by atoms with Gasteiger partial charge in [0.1, 0.15) is 18.1 Å². The van der Waals surface area contributed by atoms with Crippen molar-refractivity contribution >= 4 is 16.6 Å². The van der Waals surface area contributed by atoms with E-state index in [1.165, 1.54) is 19.4 Å². The van der Waals surface area contributed by atoms with Gasteiger partial charge in [0.05, 0.1) is 19.3 Å². The molecule has 2 unspecified atom stereocenters. The summed E-state index contributed by atoms with van der Waals surface area (Å²) in [5.74, 6) is 0.572. The minimum atomic E-state index is -1.52. The Kier molecular flexibility index (Phi) is 3.41. The highest BCUT2D eigenvalue weighted by Gasteiger charge is 2.47. The summed E-state index contributed by atoms with van der Waals surface area (Å²) < 4.78 is 20.8. The lowest BCUT2D eigenvalue weighted by molar-refractivity contribution is 0.0790. The lowest BCUT2D eigenvalue weighted by Crippen LogP contribution is -2.53. The largest absolute Gasteiger partial charge is 0.497 e. The van der Waals surface area contributed by atoms with Crippen molar-refractivity contribution in [3.05, 3.63) is 23.8 Å². The summed E-state index contributed by atoms with van der Waals surface area (Å²) in [4.78, 5) is 12.4. The highest BCUT2D eigenvalue weighted by molar-refractivity contribution is 7.86. The molecule has 1 aromatic rings. The zero-order chi connectivity index (χ0) is 13.3. The van der Waals surface area contributed by atoms with E-state index in [1.807, 2.05) is 0 Å². The summed E-state index contributed by atoms with van der Waals surface area (Å²) in [6.07, 6.45) is 1.39. The van der Waals surface area contributed by atoms with Crippen molar-refractivity contribution in [1.82, 2.24) is 0 Å². The summed E-state index contributed by atoms with van der Waals surface area (Å²) in [5.41, 5.74) is 0.296. The molecule has 0 amide bonds. The number of methoxy groups -OCH3 is 1. The number of hydrogen-bond donors (Lipinski definition) is 1. The van der Waals surface area contributed by atoms with Gasteiger partial charge < -0.3 is 14.6 Å². The van der Waals surface area contributed by atoms with Crippen molar-refractivity contribution in [2.75, 3.05) is 26.6 Å². The van der Waals surface area contributed by atoms with Crippen LogP contribution in [-0.4, -0.2) is 46.4 Å². The Balaban J connectivity index is 2.52. The van der Waals surface area contributed by atoms with Gasteiger partial charge in [-0.25, -0.2) is 0 Å². The zero-order valence-corrected chi connectivity index (χ0v) is 11.0. The number of ether oxygens (including phenoxy) is 2. The molecule has 2 rings (SSSR count). The number of aliphatic hydroxyl groups excluding tert-OH is 1. The van der Waals surface area contributed by atoms with Crippen molar-refractivity contribution in [2.45, 2.75) is 4.75 Å². The van der Waals surface area contributed by atoms with Gasteiger partial charge in [-0.1, -0.05) is 0 Å². The molecule has 0 spiro atoms. The molecule has 1 aliphatic rings. The maximum Gasteiger partial charge on any atom is 0.191 e. The maximum atomic E-state index is 12.4. The molecule has 1 aromatic carbocycles.